The van der Waals surface area contributed by atoms with Crippen molar-refractivity contribution in [3.8, 4) is 0 Å². The van der Waals surface area contributed by atoms with Gasteiger partial charge in [-0.15, -0.1) is 0 Å². The number of halogens is 3. The van der Waals surface area contributed by atoms with Gasteiger partial charge in [-0.25, -0.2) is 8.42 Å². The number of hydrogen-bond donors (Lipinski definition) is 2. The monoisotopic (exact) mass is 442 g/mol. The molecule has 0 bridgehead atoms. The van der Waals surface area contributed by atoms with E-state index in [1.807, 2.05) is 0 Å². The Bertz CT molecular complexity index is 766. The summed E-state index contributed by atoms with van der Waals surface area (Å²) < 4.78 is 27.8. The largest absolute Gasteiger partial charge is 0.398 e. The SMILES string of the molecule is Nc1ccc(S(=O)(=O)Nc2ccc(I)cc2Cl)cc1Cl. The quantitative estimate of drug-likeness (QED) is 0.557. The smallest absolute Gasteiger partial charge is 0.261 e. The molecule has 106 valence electrons. The minimum atomic E-state index is -3.76. The van der Waals surface area contributed by atoms with Gasteiger partial charge in [0.2, 0.25) is 0 Å². The minimum absolute atomic E-state index is 0.0197. The summed E-state index contributed by atoms with van der Waals surface area (Å²) >= 11 is 13.9. The Morgan fingerprint density at radius 1 is 1.05 bits per heavy atom. The number of anilines is 2. The molecule has 0 amide bonds. The van der Waals surface area contributed by atoms with Crippen LogP contribution >= 0.6 is 45.8 Å². The van der Waals surface area contributed by atoms with Crippen LogP contribution in [0.4, 0.5) is 11.4 Å². The molecule has 0 aliphatic carbocycles. The molecular formula is C12H9Cl2IN2O2S. The van der Waals surface area contributed by atoms with E-state index in [1.54, 1.807) is 18.2 Å². The van der Waals surface area contributed by atoms with Crippen LogP contribution in [0.1, 0.15) is 0 Å². The van der Waals surface area contributed by atoms with E-state index in [0.717, 1.165) is 3.57 Å². The molecule has 2 aromatic rings. The molecule has 0 fully saturated rings. The van der Waals surface area contributed by atoms with E-state index in [9.17, 15) is 8.42 Å². The Balaban J connectivity index is 2.38. The predicted octanol–water partition coefficient (Wildman–Crippen LogP) is 3.98. The molecule has 0 atom stereocenters. The van der Waals surface area contributed by atoms with Gasteiger partial charge in [0.1, 0.15) is 0 Å². The molecule has 0 aliphatic heterocycles. The van der Waals surface area contributed by atoms with Gasteiger partial charge in [0, 0.05) is 3.57 Å². The highest BCUT2D eigenvalue weighted by atomic mass is 127. The second kappa shape index (κ2) is 5.97. The Labute approximate surface area is 140 Å². The summed E-state index contributed by atoms with van der Waals surface area (Å²) in [5.41, 5.74) is 6.18. The van der Waals surface area contributed by atoms with Crippen LogP contribution in [0.15, 0.2) is 41.3 Å². The number of benzene rings is 2. The van der Waals surface area contributed by atoms with Crippen LogP contribution < -0.4 is 10.5 Å². The fourth-order valence-corrected chi connectivity index (χ4v) is 3.76. The number of hydrogen-bond acceptors (Lipinski definition) is 3. The van der Waals surface area contributed by atoms with Crippen molar-refractivity contribution in [3.05, 3.63) is 50.0 Å². The Morgan fingerprint density at radius 2 is 1.75 bits per heavy atom. The maximum atomic E-state index is 12.2. The molecule has 0 spiro atoms. The zero-order chi connectivity index (χ0) is 14.9. The van der Waals surface area contributed by atoms with Crippen LogP contribution in [0.5, 0.6) is 0 Å². The first-order valence-corrected chi connectivity index (χ1v) is 8.64. The van der Waals surface area contributed by atoms with Crippen LogP contribution in [0.2, 0.25) is 10.0 Å². The number of sulfonamides is 1. The van der Waals surface area contributed by atoms with Gasteiger partial charge in [-0.05, 0) is 59.0 Å². The van der Waals surface area contributed by atoms with Gasteiger partial charge >= 0.3 is 0 Å². The van der Waals surface area contributed by atoms with Gasteiger partial charge in [0.15, 0.2) is 0 Å². The Morgan fingerprint density at radius 3 is 2.35 bits per heavy atom. The highest BCUT2D eigenvalue weighted by Gasteiger charge is 2.17. The van der Waals surface area contributed by atoms with Gasteiger partial charge in [-0.3, -0.25) is 4.72 Å². The van der Waals surface area contributed by atoms with E-state index in [2.05, 4.69) is 27.3 Å². The predicted molar refractivity (Wildman–Crippen MR) is 90.8 cm³/mol. The first kappa shape index (κ1) is 15.7. The standard InChI is InChI=1S/C12H9Cl2IN2O2S/c13-9-6-8(2-3-11(9)16)20(18,19)17-12-4-1-7(15)5-10(12)14/h1-6,17H,16H2. The molecule has 4 nitrogen and oxygen atoms in total. The molecule has 3 N–H and O–H groups in total. The van der Waals surface area contributed by atoms with Crippen molar-refractivity contribution in [1.29, 1.82) is 0 Å². The third kappa shape index (κ3) is 3.49. The fraction of sp³-hybridized carbons (Fsp3) is 0. The van der Waals surface area contributed by atoms with Crippen molar-refractivity contribution in [2.45, 2.75) is 4.90 Å². The molecule has 0 saturated carbocycles. The lowest BCUT2D eigenvalue weighted by Crippen LogP contribution is -2.13. The molecule has 2 rings (SSSR count). The lowest BCUT2D eigenvalue weighted by atomic mass is 10.3. The molecular weight excluding hydrogens is 434 g/mol. The van der Waals surface area contributed by atoms with E-state index < -0.39 is 10.0 Å². The molecule has 0 radical (unpaired) electrons. The number of nitrogens with one attached hydrogen (secondary N) is 1. The highest BCUT2D eigenvalue weighted by molar-refractivity contribution is 14.1. The summed E-state index contributed by atoms with van der Waals surface area (Å²) in [7, 11) is -3.76. The molecule has 20 heavy (non-hydrogen) atoms. The van der Waals surface area contributed by atoms with Gasteiger partial charge in [-0.2, -0.15) is 0 Å². The summed E-state index contributed by atoms with van der Waals surface area (Å²) in [5, 5.41) is 0.503. The highest BCUT2D eigenvalue weighted by Crippen LogP contribution is 2.28. The van der Waals surface area contributed by atoms with Crippen LogP contribution in [0.25, 0.3) is 0 Å². The molecule has 0 unspecified atom stereocenters. The van der Waals surface area contributed by atoms with Crippen molar-refractivity contribution in [2.24, 2.45) is 0 Å². The minimum Gasteiger partial charge on any atom is -0.398 e. The molecule has 2 aromatic carbocycles. The van der Waals surface area contributed by atoms with Crippen molar-refractivity contribution in [1.82, 2.24) is 0 Å². The summed E-state index contributed by atoms with van der Waals surface area (Å²) in [6.45, 7) is 0. The lowest BCUT2D eigenvalue weighted by Gasteiger charge is -2.10. The van der Waals surface area contributed by atoms with Crippen LogP contribution in [-0.2, 0) is 10.0 Å². The maximum Gasteiger partial charge on any atom is 0.261 e. The molecule has 8 heteroatoms. The van der Waals surface area contributed by atoms with E-state index >= 15 is 0 Å². The number of nitrogen functional groups attached to an aromatic ring is 1. The maximum absolute atomic E-state index is 12.2. The lowest BCUT2D eigenvalue weighted by molar-refractivity contribution is 0.601. The Kier molecular flexibility index (Phi) is 4.68. The van der Waals surface area contributed by atoms with E-state index in [0.29, 0.717) is 16.4 Å². The third-order valence-electron chi connectivity index (χ3n) is 2.46. The van der Waals surface area contributed by atoms with Crippen molar-refractivity contribution < 1.29 is 8.42 Å². The average Bonchev–Trinajstić information content (AvgIpc) is 2.36. The van der Waals surface area contributed by atoms with Crippen LogP contribution in [-0.4, -0.2) is 8.42 Å². The normalized spacial score (nSPS) is 11.3. The van der Waals surface area contributed by atoms with Gasteiger partial charge < -0.3 is 5.73 Å². The Hall–Kier alpha value is -0.700. The van der Waals surface area contributed by atoms with Gasteiger partial charge in [0.05, 0.1) is 26.3 Å². The molecule has 0 aromatic heterocycles. The topological polar surface area (TPSA) is 72.2 Å². The summed E-state index contributed by atoms with van der Waals surface area (Å²) in [4.78, 5) is 0.0197. The first-order valence-electron chi connectivity index (χ1n) is 5.32. The van der Waals surface area contributed by atoms with E-state index in [4.69, 9.17) is 28.9 Å². The van der Waals surface area contributed by atoms with Gasteiger partial charge in [0.25, 0.3) is 10.0 Å². The summed E-state index contributed by atoms with van der Waals surface area (Å²) in [6, 6.07) is 9.12. The van der Waals surface area contributed by atoms with Crippen molar-refractivity contribution >= 4 is 67.2 Å². The molecule has 0 aliphatic rings. The average molecular weight is 443 g/mol. The van der Waals surface area contributed by atoms with Crippen LogP contribution in [0.3, 0.4) is 0 Å². The fourth-order valence-electron chi connectivity index (χ4n) is 1.45. The third-order valence-corrected chi connectivity index (χ3v) is 5.13. The zero-order valence-electron chi connectivity index (χ0n) is 9.90. The van der Waals surface area contributed by atoms with Crippen LogP contribution in [0, 0.1) is 3.57 Å². The van der Waals surface area contributed by atoms with E-state index in [-0.39, 0.29) is 9.92 Å². The number of rotatable bonds is 3. The van der Waals surface area contributed by atoms with Gasteiger partial charge in [-0.1, -0.05) is 23.2 Å². The van der Waals surface area contributed by atoms with E-state index in [1.165, 1.54) is 18.2 Å². The van der Waals surface area contributed by atoms with Crippen molar-refractivity contribution in [3.63, 3.8) is 0 Å². The van der Waals surface area contributed by atoms with Crippen molar-refractivity contribution in [2.75, 3.05) is 10.5 Å². The summed E-state index contributed by atoms with van der Waals surface area (Å²) in [5.74, 6) is 0. The zero-order valence-corrected chi connectivity index (χ0v) is 14.4. The second-order valence-corrected chi connectivity index (χ2v) is 7.66. The molecule has 0 heterocycles. The molecule has 0 saturated heterocycles. The second-order valence-electron chi connectivity index (χ2n) is 3.91. The summed E-state index contributed by atoms with van der Waals surface area (Å²) in [6.07, 6.45) is 0. The first-order chi connectivity index (χ1) is 9.29. The number of nitrogens with two attached hydrogens (primary N) is 1.